The zero-order valence-corrected chi connectivity index (χ0v) is 24.1. The molecule has 5 rings (SSSR count). The van der Waals surface area contributed by atoms with Gasteiger partial charge in [-0.25, -0.2) is 0 Å². The molecule has 3 atom stereocenters. The Kier molecular flexibility index (Phi) is 8.49. The highest BCUT2D eigenvalue weighted by Gasteiger charge is 2.48. The van der Waals surface area contributed by atoms with Gasteiger partial charge in [-0.2, -0.15) is 0 Å². The highest BCUT2D eigenvalue weighted by Crippen LogP contribution is 2.47. The van der Waals surface area contributed by atoms with E-state index < -0.39 is 17.9 Å². The molecule has 1 fully saturated rings. The van der Waals surface area contributed by atoms with Crippen LogP contribution in [0.15, 0.2) is 60.7 Å². The van der Waals surface area contributed by atoms with Gasteiger partial charge in [0.05, 0.1) is 18.6 Å². The average Bonchev–Trinajstić information content (AvgIpc) is 3.57. The summed E-state index contributed by atoms with van der Waals surface area (Å²) in [5.41, 5.74) is 4.69. The van der Waals surface area contributed by atoms with E-state index in [0.29, 0.717) is 23.8 Å². The fourth-order valence-corrected chi connectivity index (χ4v) is 6.05. The number of para-hydroxylation sites is 1. The molecule has 3 aromatic carbocycles. The highest BCUT2D eigenvalue weighted by atomic mass is 16.7. The molecule has 216 valence electrons. The average molecular weight is 559 g/mol. The third-order valence-electron chi connectivity index (χ3n) is 7.91. The number of ether oxygens (including phenoxy) is 3. The van der Waals surface area contributed by atoms with Crippen molar-refractivity contribution in [2.24, 2.45) is 5.92 Å². The van der Waals surface area contributed by atoms with Crippen LogP contribution in [0.4, 0.5) is 5.69 Å². The summed E-state index contributed by atoms with van der Waals surface area (Å²) in [7, 11) is 0. The standard InChI is InChI=1S/C33H38N2O6/c1-5-21-8-7-9-22(6-2)31(21)34-29(36)18-35-17-26(24-12-15-27-28(16-24)40-19-39-27)30(33(37)38)32(35)23-10-13-25(14-11-23)41-20(3)4/h7-16,20,26,30,32H,5-6,17-19H2,1-4H3,(H,34,36)(H,37,38)/t26-,30+,32-/m1/s1. The number of likely N-dealkylation sites (tertiary alicyclic amines) is 1. The molecule has 8 heteroatoms. The second-order valence-electron chi connectivity index (χ2n) is 10.9. The molecule has 2 aliphatic heterocycles. The van der Waals surface area contributed by atoms with Gasteiger partial charge in [0.2, 0.25) is 12.7 Å². The SMILES string of the molecule is CCc1cccc(CC)c1NC(=O)CN1C[C@H](c2ccc3c(c2)OCO3)[C@H](C(=O)O)[C@H]1c1ccc(OC(C)C)cc1. The van der Waals surface area contributed by atoms with Crippen molar-refractivity contribution in [1.82, 2.24) is 4.90 Å². The predicted octanol–water partition coefficient (Wildman–Crippen LogP) is 5.81. The van der Waals surface area contributed by atoms with Crippen LogP contribution in [0.25, 0.3) is 0 Å². The minimum Gasteiger partial charge on any atom is -0.491 e. The number of nitrogens with one attached hydrogen (secondary N) is 1. The lowest BCUT2D eigenvalue weighted by Gasteiger charge is -2.27. The zero-order valence-electron chi connectivity index (χ0n) is 24.1. The summed E-state index contributed by atoms with van der Waals surface area (Å²) in [4.78, 5) is 28.5. The predicted molar refractivity (Wildman–Crippen MR) is 157 cm³/mol. The number of carboxylic acid groups (broad SMARTS) is 1. The van der Waals surface area contributed by atoms with Crippen molar-refractivity contribution < 1.29 is 28.9 Å². The lowest BCUT2D eigenvalue weighted by Crippen LogP contribution is -2.35. The Morgan fingerprint density at radius 1 is 0.976 bits per heavy atom. The Morgan fingerprint density at radius 2 is 1.63 bits per heavy atom. The maximum atomic E-state index is 13.6. The number of amides is 1. The number of hydrogen-bond acceptors (Lipinski definition) is 6. The van der Waals surface area contributed by atoms with Gasteiger partial charge in [-0.1, -0.05) is 50.2 Å². The van der Waals surface area contributed by atoms with E-state index in [4.69, 9.17) is 14.2 Å². The fraction of sp³-hybridized carbons (Fsp3) is 0.394. The number of aliphatic carboxylic acids is 1. The normalized spacial score (nSPS) is 19.9. The maximum Gasteiger partial charge on any atom is 0.309 e. The number of anilines is 1. The summed E-state index contributed by atoms with van der Waals surface area (Å²) in [5, 5.41) is 13.7. The largest absolute Gasteiger partial charge is 0.491 e. The van der Waals surface area contributed by atoms with E-state index in [0.717, 1.165) is 40.8 Å². The van der Waals surface area contributed by atoms with E-state index in [2.05, 4.69) is 19.2 Å². The van der Waals surface area contributed by atoms with Gasteiger partial charge < -0.3 is 24.6 Å². The summed E-state index contributed by atoms with van der Waals surface area (Å²) in [6.07, 6.45) is 1.62. The molecule has 0 radical (unpaired) electrons. The zero-order chi connectivity index (χ0) is 29.1. The molecule has 1 saturated heterocycles. The topological polar surface area (TPSA) is 97.3 Å². The number of fused-ring (bicyclic) bond motifs is 1. The molecule has 41 heavy (non-hydrogen) atoms. The molecule has 8 nitrogen and oxygen atoms in total. The summed E-state index contributed by atoms with van der Waals surface area (Å²) < 4.78 is 16.9. The van der Waals surface area contributed by atoms with Gasteiger partial charge in [0.15, 0.2) is 11.5 Å². The number of carboxylic acids is 1. The van der Waals surface area contributed by atoms with Crippen LogP contribution in [0.5, 0.6) is 17.2 Å². The molecule has 2 aliphatic rings. The van der Waals surface area contributed by atoms with E-state index in [-0.39, 0.29) is 31.3 Å². The van der Waals surface area contributed by atoms with Gasteiger partial charge in [-0.3, -0.25) is 14.5 Å². The van der Waals surface area contributed by atoms with Gasteiger partial charge in [0.1, 0.15) is 5.75 Å². The minimum atomic E-state index is -0.910. The molecule has 0 saturated carbocycles. The number of carbonyl (C=O) groups excluding carboxylic acids is 1. The molecular formula is C33H38N2O6. The first kappa shape index (κ1) is 28.5. The highest BCUT2D eigenvalue weighted by molar-refractivity contribution is 5.94. The van der Waals surface area contributed by atoms with Gasteiger partial charge in [0, 0.05) is 24.2 Å². The van der Waals surface area contributed by atoms with Crippen LogP contribution in [-0.4, -0.2) is 47.9 Å². The van der Waals surface area contributed by atoms with Crippen LogP contribution in [0.2, 0.25) is 0 Å². The molecule has 0 aliphatic carbocycles. The second kappa shape index (κ2) is 12.2. The number of aryl methyl sites for hydroxylation is 2. The molecule has 0 spiro atoms. The van der Waals surface area contributed by atoms with Crippen LogP contribution in [0, 0.1) is 5.92 Å². The van der Waals surface area contributed by atoms with Crippen LogP contribution in [0.3, 0.4) is 0 Å². The molecule has 1 amide bonds. The van der Waals surface area contributed by atoms with Gasteiger partial charge in [-0.05, 0) is 73.2 Å². The first-order valence-corrected chi connectivity index (χ1v) is 14.3. The Bertz CT molecular complexity index is 1380. The van der Waals surface area contributed by atoms with Crippen LogP contribution in [0.1, 0.15) is 61.9 Å². The van der Waals surface area contributed by atoms with Crippen molar-refractivity contribution in [2.45, 2.75) is 58.6 Å². The third kappa shape index (κ3) is 6.03. The summed E-state index contributed by atoms with van der Waals surface area (Å²) in [6, 6.07) is 18.7. The Labute approximate surface area is 241 Å². The first-order valence-electron chi connectivity index (χ1n) is 14.3. The number of carbonyl (C=O) groups is 2. The molecule has 0 bridgehead atoms. The van der Waals surface area contributed by atoms with Crippen molar-refractivity contribution in [3.8, 4) is 17.2 Å². The van der Waals surface area contributed by atoms with Crippen LogP contribution >= 0.6 is 0 Å². The summed E-state index contributed by atoms with van der Waals surface area (Å²) >= 11 is 0. The van der Waals surface area contributed by atoms with Gasteiger partial charge in [0.25, 0.3) is 0 Å². The smallest absolute Gasteiger partial charge is 0.309 e. The number of nitrogens with zero attached hydrogens (tertiary/aromatic N) is 1. The quantitative estimate of drug-likeness (QED) is 0.324. The monoisotopic (exact) mass is 558 g/mol. The van der Waals surface area contributed by atoms with E-state index >= 15 is 0 Å². The van der Waals surface area contributed by atoms with Crippen LogP contribution in [-0.2, 0) is 22.4 Å². The van der Waals surface area contributed by atoms with Crippen molar-refractivity contribution in [3.63, 3.8) is 0 Å². The number of rotatable bonds is 10. The van der Waals surface area contributed by atoms with Gasteiger partial charge >= 0.3 is 5.97 Å². The second-order valence-corrected chi connectivity index (χ2v) is 10.9. The Balaban J connectivity index is 1.48. The Morgan fingerprint density at radius 3 is 2.27 bits per heavy atom. The van der Waals surface area contributed by atoms with E-state index in [9.17, 15) is 14.7 Å². The fourth-order valence-electron chi connectivity index (χ4n) is 6.05. The van der Waals surface area contributed by atoms with E-state index in [1.165, 1.54) is 0 Å². The van der Waals surface area contributed by atoms with Gasteiger partial charge in [-0.15, -0.1) is 0 Å². The molecule has 2 heterocycles. The molecule has 0 aromatic heterocycles. The molecule has 3 aromatic rings. The Hall–Kier alpha value is -4.04. The van der Waals surface area contributed by atoms with Crippen molar-refractivity contribution >= 4 is 17.6 Å². The summed E-state index contributed by atoms with van der Waals surface area (Å²) in [6.45, 7) is 8.66. The number of hydrogen-bond donors (Lipinski definition) is 2. The van der Waals surface area contributed by atoms with Crippen LogP contribution < -0.4 is 19.5 Å². The van der Waals surface area contributed by atoms with E-state index in [1.54, 1.807) is 0 Å². The van der Waals surface area contributed by atoms with Crippen molar-refractivity contribution in [1.29, 1.82) is 0 Å². The lowest BCUT2D eigenvalue weighted by atomic mass is 9.82. The van der Waals surface area contributed by atoms with Crippen molar-refractivity contribution in [3.05, 3.63) is 82.9 Å². The van der Waals surface area contributed by atoms with Crippen molar-refractivity contribution in [2.75, 3.05) is 25.2 Å². The van der Waals surface area contributed by atoms with E-state index in [1.807, 2.05) is 79.4 Å². The third-order valence-corrected chi connectivity index (χ3v) is 7.91. The molecular weight excluding hydrogens is 520 g/mol. The molecule has 0 unspecified atom stereocenters. The maximum absolute atomic E-state index is 13.6. The number of benzene rings is 3. The molecule has 2 N–H and O–H groups in total. The summed E-state index contributed by atoms with van der Waals surface area (Å²) in [5.74, 6) is -0.247. The first-order chi connectivity index (χ1) is 19.8. The lowest BCUT2D eigenvalue weighted by molar-refractivity contribution is -0.143. The minimum absolute atomic E-state index is 0.0219.